The molecule has 0 saturated carbocycles. The van der Waals surface area contributed by atoms with E-state index in [9.17, 15) is 22.8 Å². The zero-order valence-corrected chi connectivity index (χ0v) is 14.3. The van der Waals surface area contributed by atoms with E-state index in [1.807, 2.05) is 0 Å². The molecule has 1 atom stereocenters. The SMILES string of the molecule is CCOC(=O)C1=C(C)N(C)C(=O)N(C)[C@H]1c1cccc(C(F)(F)F)c1. The maximum atomic E-state index is 13.0. The first-order chi connectivity index (χ1) is 11.6. The van der Waals surface area contributed by atoms with Gasteiger partial charge in [0.05, 0.1) is 23.8 Å². The second-order valence-electron chi connectivity index (χ2n) is 5.70. The van der Waals surface area contributed by atoms with Crippen LogP contribution in [0.15, 0.2) is 35.5 Å². The average molecular weight is 356 g/mol. The summed E-state index contributed by atoms with van der Waals surface area (Å²) in [5, 5.41) is 0. The Morgan fingerprint density at radius 2 is 1.92 bits per heavy atom. The first kappa shape index (κ1) is 18.8. The number of nitrogens with zero attached hydrogens (tertiary/aromatic N) is 2. The molecule has 0 saturated heterocycles. The molecule has 1 aliphatic heterocycles. The van der Waals surface area contributed by atoms with Gasteiger partial charge >= 0.3 is 18.2 Å². The Bertz CT molecular complexity index is 728. The fourth-order valence-corrected chi connectivity index (χ4v) is 2.81. The van der Waals surface area contributed by atoms with Crippen LogP contribution in [0.25, 0.3) is 0 Å². The Hall–Kier alpha value is -2.51. The topological polar surface area (TPSA) is 49.9 Å². The van der Waals surface area contributed by atoms with Crippen molar-refractivity contribution in [1.29, 1.82) is 0 Å². The first-order valence-corrected chi connectivity index (χ1v) is 7.65. The third kappa shape index (κ3) is 3.47. The Morgan fingerprint density at radius 1 is 1.28 bits per heavy atom. The number of hydrogen-bond donors (Lipinski definition) is 0. The van der Waals surface area contributed by atoms with Gasteiger partial charge in [0.1, 0.15) is 0 Å². The number of alkyl halides is 3. The molecule has 0 aromatic heterocycles. The number of hydrogen-bond acceptors (Lipinski definition) is 3. The molecule has 2 amide bonds. The molecule has 1 aliphatic rings. The summed E-state index contributed by atoms with van der Waals surface area (Å²) in [5.41, 5.74) is -0.151. The molecule has 136 valence electrons. The Kier molecular flexibility index (Phi) is 5.10. The molecular weight excluding hydrogens is 337 g/mol. The number of carbonyl (C=O) groups excluding carboxylic acids is 2. The summed E-state index contributed by atoms with van der Waals surface area (Å²) in [4.78, 5) is 27.3. The number of amides is 2. The van der Waals surface area contributed by atoms with E-state index in [1.54, 1.807) is 13.8 Å². The number of likely N-dealkylation sites (N-methyl/N-ethyl adjacent to an activating group) is 1. The third-order valence-electron chi connectivity index (χ3n) is 4.17. The van der Waals surface area contributed by atoms with Gasteiger partial charge in [0.2, 0.25) is 0 Å². The minimum absolute atomic E-state index is 0.117. The van der Waals surface area contributed by atoms with Crippen molar-refractivity contribution in [3.8, 4) is 0 Å². The van der Waals surface area contributed by atoms with Crippen molar-refractivity contribution in [3.63, 3.8) is 0 Å². The molecule has 5 nitrogen and oxygen atoms in total. The fourth-order valence-electron chi connectivity index (χ4n) is 2.81. The van der Waals surface area contributed by atoms with Crippen LogP contribution in [0.2, 0.25) is 0 Å². The highest BCUT2D eigenvalue weighted by molar-refractivity contribution is 5.94. The van der Waals surface area contributed by atoms with Crippen molar-refractivity contribution in [1.82, 2.24) is 9.80 Å². The number of benzene rings is 1. The Labute approximate surface area is 143 Å². The molecule has 1 aromatic carbocycles. The monoisotopic (exact) mass is 356 g/mol. The summed E-state index contributed by atoms with van der Waals surface area (Å²) < 4.78 is 44.1. The van der Waals surface area contributed by atoms with Crippen molar-refractivity contribution in [2.45, 2.75) is 26.1 Å². The van der Waals surface area contributed by atoms with E-state index in [-0.39, 0.29) is 17.7 Å². The van der Waals surface area contributed by atoms with Crippen molar-refractivity contribution in [2.75, 3.05) is 20.7 Å². The summed E-state index contributed by atoms with van der Waals surface area (Å²) in [6, 6.07) is 3.24. The number of esters is 1. The summed E-state index contributed by atoms with van der Waals surface area (Å²) in [6.07, 6.45) is -4.52. The fraction of sp³-hybridized carbons (Fsp3) is 0.412. The van der Waals surface area contributed by atoms with Crippen LogP contribution in [0.5, 0.6) is 0 Å². The van der Waals surface area contributed by atoms with Gasteiger partial charge in [-0.25, -0.2) is 9.59 Å². The number of carbonyl (C=O) groups is 2. The lowest BCUT2D eigenvalue weighted by Gasteiger charge is -2.39. The average Bonchev–Trinajstić information content (AvgIpc) is 2.55. The number of ether oxygens (including phenoxy) is 1. The van der Waals surface area contributed by atoms with Gasteiger partial charge in [0.15, 0.2) is 0 Å². The van der Waals surface area contributed by atoms with Gasteiger partial charge in [0, 0.05) is 19.8 Å². The van der Waals surface area contributed by atoms with Crippen molar-refractivity contribution < 1.29 is 27.5 Å². The van der Waals surface area contributed by atoms with Crippen molar-refractivity contribution in [3.05, 3.63) is 46.7 Å². The zero-order chi connectivity index (χ0) is 18.9. The summed E-state index contributed by atoms with van der Waals surface area (Å²) in [5.74, 6) is -0.659. The smallest absolute Gasteiger partial charge is 0.416 e. The normalized spacial score (nSPS) is 18.7. The zero-order valence-electron chi connectivity index (χ0n) is 14.3. The molecule has 0 spiro atoms. The highest BCUT2D eigenvalue weighted by Gasteiger charge is 2.40. The lowest BCUT2D eigenvalue weighted by atomic mass is 9.92. The Balaban J connectivity index is 2.63. The van der Waals surface area contributed by atoms with Crippen LogP contribution >= 0.6 is 0 Å². The number of urea groups is 1. The van der Waals surface area contributed by atoms with E-state index < -0.39 is 29.8 Å². The van der Waals surface area contributed by atoms with Crippen LogP contribution < -0.4 is 0 Å². The predicted molar refractivity (Wildman–Crippen MR) is 84.4 cm³/mol. The molecule has 8 heteroatoms. The molecule has 0 radical (unpaired) electrons. The molecular formula is C17H19F3N2O3. The largest absolute Gasteiger partial charge is 0.463 e. The maximum absolute atomic E-state index is 13.0. The van der Waals surface area contributed by atoms with Gasteiger partial charge in [-0.15, -0.1) is 0 Å². The summed E-state index contributed by atoms with van der Waals surface area (Å²) >= 11 is 0. The lowest BCUT2D eigenvalue weighted by molar-refractivity contribution is -0.139. The molecule has 25 heavy (non-hydrogen) atoms. The van der Waals surface area contributed by atoms with E-state index in [1.165, 1.54) is 36.0 Å². The molecule has 0 fully saturated rings. The van der Waals surface area contributed by atoms with E-state index in [4.69, 9.17) is 4.74 Å². The van der Waals surface area contributed by atoms with Crippen LogP contribution in [-0.2, 0) is 15.7 Å². The second-order valence-corrected chi connectivity index (χ2v) is 5.70. The van der Waals surface area contributed by atoms with Crippen molar-refractivity contribution in [2.24, 2.45) is 0 Å². The maximum Gasteiger partial charge on any atom is 0.416 e. The van der Waals surface area contributed by atoms with Gasteiger partial charge < -0.3 is 14.5 Å². The van der Waals surface area contributed by atoms with Gasteiger partial charge in [-0.3, -0.25) is 0 Å². The van der Waals surface area contributed by atoms with Gasteiger partial charge in [0.25, 0.3) is 0 Å². The van der Waals surface area contributed by atoms with Crippen LogP contribution in [0, 0.1) is 0 Å². The van der Waals surface area contributed by atoms with Gasteiger partial charge in [-0.2, -0.15) is 13.2 Å². The number of allylic oxidation sites excluding steroid dienone is 1. The van der Waals surface area contributed by atoms with Crippen LogP contribution in [-0.4, -0.2) is 42.5 Å². The molecule has 0 unspecified atom stereocenters. The highest BCUT2D eigenvalue weighted by atomic mass is 19.4. The lowest BCUT2D eigenvalue weighted by Crippen LogP contribution is -2.47. The second kappa shape index (κ2) is 6.78. The van der Waals surface area contributed by atoms with Crippen LogP contribution in [0.1, 0.15) is 31.0 Å². The molecule has 1 aromatic rings. The minimum atomic E-state index is -4.52. The third-order valence-corrected chi connectivity index (χ3v) is 4.17. The van der Waals surface area contributed by atoms with Gasteiger partial charge in [-0.1, -0.05) is 12.1 Å². The van der Waals surface area contributed by atoms with Crippen LogP contribution in [0.3, 0.4) is 0 Å². The summed E-state index contributed by atoms with van der Waals surface area (Å²) in [7, 11) is 2.94. The number of halogens is 3. The summed E-state index contributed by atoms with van der Waals surface area (Å²) in [6.45, 7) is 3.32. The number of rotatable bonds is 3. The minimum Gasteiger partial charge on any atom is -0.463 e. The van der Waals surface area contributed by atoms with E-state index in [0.29, 0.717) is 5.70 Å². The molecule has 0 bridgehead atoms. The predicted octanol–water partition coefficient (Wildman–Crippen LogP) is 3.58. The quantitative estimate of drug-likeness (QED) is 0.778. The van der Waals surface area contributed by atoms with E-state index in [2.05, 4.69) is 0 Å². The molecule has 0 aliphatic carbocycles. The molecule has 2 rings (SSSR count). The van der Waals surface area contributed by atoms with Crippen LogP contribution in [0.4, 0.5) is 18.0 Å². The molecule has 1 heterocycles. The first-order valence-electron chi connectivity index (χ1n) is 7.65. The van der Waals surface area contributed by atoms with E-state index in [0.717, 1.165) is 12.1 Å². The molecule has 0 N–H and O–H groups in total. The Morgan fingerprint density at radius 3 is 2.48 bits per heavy atom. The van der Waals surface area contributed by atoms with E-state index >= 15 is 0 Å². The highest BCUT2D eigenvalue weighted by Crippen LogP contribution is 2.38. The van der Waals surface area contributed by atoms with Crippen molar-refractivity contribution >= 4 is 12.0 Å². The standard InChI is InChI=1S/C17H19F3N2O3/c1-5-25-15(23)13-10(2)21(3)16(24)22(4)14(13)11-7-6-8-12(9-11)17(18,19)20/h6-9,14H,5H2,1-4H3/t14-/m0/s1. The van der Waals surface area contributed by atoms with Gasteiger partial charge in [-0.05, 0) is 31.5 Å².